The van der Waals surface area contributed by atoms with Crippen molar-refractivity contribution in [1.29, 1.82) is 0 Å². The van der Waals surface area contributed by atoms with Crippen molar-refractivity contribution >= 4 is 28.3 Å². The smallest absolute Gasteiger partial charge is 0.225 e. The van der Waals surface area contributed by atoms with Crippen molar-refractivity contribution in [3.63, 3.8) is 0 Å². The van der Waals surface area contributed by atoms with Gasteiger partial charge in [-0.2, -0.15) is 0 Å². The summed E-state index contributed by atoms with van der Waals surface area (Å²) in [5.74, 6) is 1.30. The molecule has 1 unspecified atom stereocenters. The molecule has 1 aliphatic heterocycles. The second-order valence-electron chi connectivity index (χ2n) is 8.67. The molecule has 1 saturated carbocycles. The van der Waals surface area contributed by atoms with Crippen molar-refractivity contribution in [2.24, 2.45) is 5.92 Å². The van der Waals surface area contributed by atoms with Crippen LogP contribution in [-0.4, -0.2) is 34.4 Å². The number of hydrogen-bond acceptors (Lipinski definition) is 3. The van der Waals surface area contributed by atoms with Gasteiger partial charge in [0.25, 0.3) is 0 Å². The van der Waals surface area contributed by atoms with Crippen LogP contribution in [0.3, 0.4) is 0 Å². The largest absolute Gasteiger partial charge is 0.354 e. The van der Waals surface area contributed by atoms with Gasteiger partial charge >= 0.3 is 0 Å². The van der Waals surface area contributed by atoms with Gasteiger partial charge in [-0.25, -0.2) is 4.98 Å². The van der Waals surface area contributed by atoms with Gasteiger partial charge in [0.1, 0.15) is 0 Å². The monoisotopic (exact) mass is 390 g/mol. The lowest BCUT2D eigenvalue weighted by molar-refractivity contribution is -0.126. The van der Waals surface area contributed by atoms with Gasteiger partial charge in [0.05, 0.1) is 22.5 Å². The summed E-state index contributed by atoms with van der Waals surface area (Å²) >= 11 is 0. The Balaban J connectivity index is 1.37. The van der Waals surface area contributed by atoms with E-state index in [1.807, 2.05) is 6.07 Å². The molecule has 1 amide bonds. The zero-order valence-corrected chi connectivity index (χ0v) is 17.0. The lowest BCUT2D eigenvalue weighted by Crippen LogP contribution is -2.46. The highest BCUT2D eigenvalue weighted by Crippen LogP contribution is 2.29. The summed E-state index contributed by atoms with van der Waals surface area (Å²) in [6.45, 7) is 1.71. The molecule has 2 fully saturated rings. The van der Waals surface area contributed by atoms with E-state index in [0.29, 0.717) is 6.04 Å². The van der Waals surface area contributed by atoms with E-state index in [-0.39, 0.29) is 11.8 Å². The van der Waals surface area contributed by atoms with Crippen LogP contribution < -0.4 is 10.2 Å². The van der Waals surface area contributed by atoms with Gasteiger partial charge in [-0.3, -0.25) is 4.79 Å². The third-order valence-corrected chi connectivity index (χ3v) is 6.64. The number of aromatic nitrogens is 2. The first kappa shape index (κ1) is 18.5. The van der Waals surface area contributed by atoms with Crippen LogP contribution in [0.1, 0.15) is 51.4 Å². The molecule has 152 valence electrons. The number of nitrogens with zero attached hydrogens (tertiary/aromatic N) is 3. The maximum atomic E-state index is 13.0. The van der Waals surface area contributed by atoms with Crippen LogP contribution in [0.4, 0.5) is 5.82 Å². The van der Waals surface area contributed by atoms with Crippen LogP contribution in [0.2, 0.25) is 0 Å². The average Bonchev–Trinajstić information content (AvgIpc) is 3.12. The summed E-state index contributed by atoms with van der Waals surface area (Å²) in [6, 6.07) is 12.8. The molecule has 2 aliphatic rings. The molecule has 3 heterocycles. The number of hydrogen-bond donors (Lipinski definition) is 1. The SMILES string of the molecule is O=C(NC1CCCCCC1)C1CCCN(c2nc3ccccc3n3cccc23)C1. The molecule has 5 rings (SSSR count). The van der Waals surface area contributed by atoms with Crippen LogP contribution >= 0.6 is 0 Å². The molecule has 3 aromatic rings. The number of anilines is 1. The molecule has 1 aliphatic carbocycles. The number of amides is 1. The summed E-state index contributed by atoms with van der Waals surface area (Å²) in [5.41, 5.74) is 3.24. The second kappa shape index (κ2) is 8.05. The molecule has 0 spiro atoms. The van der Waals surface area contributed by atoms with Gasteiger partial charge in [-0.1, -0.05) is 37.8 Å². The Labute approximate surface area is 172 Å². The standard InChI is InChI=1S/C24H30N4O/c29-24(25-19-10-3-1-2-4-11-19)18-9-7-15-27(17-18)23-22-14-8-16-28(22)21-13-6-5-12-20(21)26-23/h5-6,8,12-14,16,18-19H,1-4,7,9-11,15,17H2,(H,25,29). The van der Waals surface area contributed by atoms with Gasteiger partial charge in [0.15, 0.2) is 5.82 Å². The molecule has 1 N–H and O–H groups in total. The van der Waals surface area contributed by atoms with Crippen LogP contribution in [-0.2, 0) is 4.79 Å². The normalized spacial score (nSPS) is 21.4. The number of carbonyl (C=O) groups excluding carboxylic acids is 1. The van der Waals surface area contributed by atoms with Crippen molar-refractivity contribution in [3.8, 4) is 0 Å². The fraction of sp³-hybridized carbons (Fsp3) is 0.500. The molecule has 5 nitrogen and oxygen atoms in total. The average molecular weight is 391 g/mol. The minimum atomic E-state index is 0.0512. The Morgan fingerprint density at radius 2 is 1.72 bits per heavy atom. The van der Waals surface area contributed by atoms with E-state index >= 15 is 0 Å². The molecular formula is C24H30N4O. The zero-order valence-electron chi connectivity index (χ0n) is 17.0. The first-order valence-electron chi connectivity index (χ1n) is 11.2. The molecule has 0 radical (unpaired) electrons. The molecule has 29 heavy (non-hydrogen) atoms. The third kappa shape index (κ3) is 3.70. The highest BCUT2D eigenvalue weighted by Gasteiger charge is 2.29. The van der Waals surface area contributed by atoms with E-state index < -0.39 is 0 Å². The molecular weight excluding hydrogens is 360 g/mol. The number of fused-ring (bicyclic) bond motifs is 3. The summed E-state index contributed by atoms with van der Waals surface area (Å²) in [6.07, 6.45) is 11.5. The summed E-state index contributed by atoms with van der Waals surface area (Å²) < 4.78 is 2.22. The maximum absolute atomic E-state index is 13.0. The van der Waals surface area contributed by atoms with Crippen molar-refractivity contribution in [2.45, 2.75) is 57.4 Å². The zero-order chi connectivity index (χ0) is 19.6. The first-order chi connectivity index (χ1) is 14.3. The van der Waals surface area contributed by atoms with E-state index in [1.54, 1.807) is 0 Å². The fourth-order valence-electron chi connectivity index (χ4n) is 5.07. The Hall–Kier alpha value is -2.56. The van der Waals surface area contributed by atoms with Gasteiger partial charge in [-0.15, -0.1) is 0 Å². The van der Waals surface area contributed by atoms with Gasteiger partial charge in [-0.05, 0) is 49.9 Å². The Morgan fingerprint density at radius 3 is 2.59 bits per heavy atom. The summed E-state index contributed by atoms with van der Waals surface area (Å²) in [4.78, 5) is 20.3. The predicted octanol–water partition coefficient (Wildman–Crippen LogP) is 4.54. The van der Waals surface area contributed by atoms with Crippen LogP contribution in [0, 0.1) is 5.92 Å². The predicted molar refractivity (Wildman–Crippen MR) is 117 cm³/mol. The van der Waals surface area contributed by atoms with E-state index in [2.05, 4.69) is 51.1 Å². The third-order valence-electron chi connectivity index (χ3n) is 6.64. The number of rotatable bonds is 3. The van der Waals surface area contributed by atoms with Crippen molar-refractivity contribution in [3.05, 3.63) is 42.6 Å². The highest BCUT2D eigenvalue weighted by atomic mass is 16.2. The number of carbonyl (C=O) groups is 1. The van der Waals surface area contributed by atoms with E-state index in [0.717, 1.165) is 61.1 Å². The van der Waals surface area contributed by atoms with Crippen molar-refractivity contribution in [2.75, 3.05) is 18.0 Å². The van der Waals surface area contributed by atoms with Gasteiger partial charge in [0, 0.05) is 25.3 Å². The quantitative estimate of drug-likeness (QED) is 0.668. The van der Waals surface area contributed by atoms with Crippen molar-refractivity contribution in [1.82, 2.24) is 14.7 Å². The Bertz CT molecular complexity index is 1000. The van der Waals surface area contributed by atoms with E-state index in [9.17, 15) is 4.79 Å². The molecule has 2 aromatic heterocycles. The topological polar surface area (TPSA) is 49.6 Å². The van der Waals surface area contributed by atoms with Gasteiger partial charge in [0.2, 0.25) is 5.91 Å². The number of nitrogens with one attached hydrogen (secondary N) is 1. The molecule has 1 aromatic carbocycles. The number of piperidine rings is 1. The molecule has 5 heteroatoms. The lowest BCUT2D eigenvalue weighted by Gasteiger charge is -2.34. The Morgan fingerprint density at radius 1 is 0.931 bits per heavy atom. The maximum Gasteiger partial charge on any atom is 0.225 e. The molecule has 1 saturated heterocycles. The first-order valence-corrected chi connectivity index (χ1v) is 11.2. The lowest BCUT2D eigenvalue weighted by atomic mass is 9.96. The molecule has 0 bridgehead atoms. The highest BCUT2D eigenvalue weighted by molar-refractivity contribution is 5.86. The minimum absolute atomic E-state index is 0.0512. The second-order valence-corrected chi connectivity index (χ2v) is 8.67. The van der Waals surface area contributed by atoms with E-state index in [1.165, 1.54) is 25.7 Å². The van der Waals surface area contributed by atoms with Crippen molar-refractivity contribution < 1.29 is 4.79 Å². The van der Waals surface area contributed by atoms with Crippen LogP contribution in [0.5, 0.6) is 0 Å². The summed E-state index contributed by atoms with van der Waals surface area (Å²) in [5, 5.41) is 3.37. The fourth-order valence-corrected chi connectivity index (χ4v) is 5.07. The Kier molecular flexibility index (Phi) is 5.13. The van der Waals surface area contributed by atoms with Crippen LogP contribution in [0.15, 0.2) is 42.6 Å². The van der Waals surface area contributed by atoms with Gasteiger partial charge < -0.3 is 14.6 Å². The molecule has 1 atom stereocenters. The minimum Gasteiger partial charge on any atom is -0.354 e. The van der Waals surface area contributed by atoms with E-state index in [4.69, 9.17) is 4.98 Å². The van der Waals surface area contributed by atoms with Crippen LogP contribution in [0.25, 0.3) is 16.6 Å². The number of benzene rings is 1. The summed E-state index contributed by atoms with van der Waals surface area (Å²) in [7, 11) is 0. The number of para-hydroxylation sites is 2.